The smallest absolute Gasteiger partial charge is 0.168 e. The topological polar surface area (TPSA) is 30.0 Å². The molecule has 1 aromatic heterocycles. The molecular formula is C14H11Br2NO. The van der Waals surface area contributed by atoms with Gasteiger partial charge in [-0.15, -0.1) is 0 Å². The number of carbonyl (C=O) groups excluding carboxylic acids is 1. The van der Waals surface area contributed by atoms with Gasteiger partial charge in [0.15, 0.2) is 5.78 Å². The fraction of sp³-hybridized carbons (Fsp3) is 0.143. The standard InChI is InChI=1S/C14H11Br2NO/c1-9-6-10(2-5-13(9)16)14(18)7-12-4-3-11(15)8-17-12/h2-6,8H,7H2,1H3. The molecule has 2 rings (SSSR count). The van der Waals surface area contributed by atoms with Gasteiger partial charge in [-0.2, -0.15) is 0 Å². The van der Waals surface area contributed by atoms with Gasteiger partial charge in [-0.05, 0) is 52.7 Å². The number of benzene rings is 1. The van der Waals surface area contributed by atoms with Crippen LogP contribution in [-0.4, -0.2) is 10.8 Å². The minimum absolute atomic E-state index is 0.0837. The van der Waals surface area contributed by atoms with Crippen LogP contribution in [0.15, 0.2) is 45.5 Å². The van der Waals surface area contributed by atoms with Crippen molar-refractivity contribution in [2.75, 3.05) is 0 Å². The fourth-order valence-corrected chi connectivity index (χ4v) is 2.08. The zero-order chi connectivity index (χ0) is 13.1. The number of pyridine rings is 1. The van der Waals surface area contributed by atoms with Crippen molar-refractivity contribution in [1.82, 2.24) is 4.98 Å². The number of rotatable bonds is 3. The highest BCUT2D eigenvalue weighted by Crippen LogP contribution is 2.18. The van der Waals surface area contributed by atoms with Crippen LogP contribution >= 0.6 is 31.9 Å². The van der Waals surface area contributed by atoms with Gasteiger partial charge in [0, 0.05) is 26.4 Å². The van der Waals surface area contributed by atoms with Crippen LogP contribution in [0.5, 0.6) is 0 Å². The molecule has 0 fully saturated rings. The summed E-state index contributed by atoms with van der Waals surface area (Å²) in [6, 6.07) is 9.37. The van der Waals surface area contributed by atoms with Crippen LogP contribution in [0.2, 0.25) is 0 Å². The largest absolute Gasteiger partial charge is 0.294 e. The molecule has 4 heteroatoms. The monoisotopic (exact) mass is 367 g/mol. The third kappa shape index (κ3) is 3.27. The maximum absolute atomic E-state index is 12.1. The Morgan fingerprint density at radius 1 is 1.22 bits per heavy atom. The summed E-state index contributed by atoms with van der Waals surface area (Å²) in [5, 5.41) is 0. The van der Waals surface area contributed by atoms with Crippen molar-refractivity contribution < 1.29 is 4.79 Å². The van der Waals surface area contributed by atoms with E-state index in [9.17, 15) is 4.79 Å². The van der Waals surface area contributed by atoms with Crippen molar-refractivity contribution >= 4 is 37.6 Å². The van der Waals surface area contributed by atoms with Gasteiger partial charge in [-0.3, -0.25) is 9.78 Å². The Hall–Kier alpha value is -1.000. The predicted molar refractivity (Wildman–Crippen MR) is 78.9 cm³/mol. The lowest BCUT2D eigenvalue weighted by Gasteiger charge is -2.04. The summed E-state index contributed by atoms with van der Waals surface area (Å²) in [5.74, 6) is 0.0837. The summed E-state index contributed by atoms with van der Waals surface area (Å²) in [4.78, 5) is 16.3. The lowest BCUT2D eigenvalue weighted by molar-refractivity contribution is 0.0992. The molecule has 2 nitrogen and oxygen atoms in total. The van der Waals surface area contributed by atoms with E-state index in [1.54, 1.807) is 6.20 Å². The highest BCUT2D eigenvalue weighted by atomic mass is 79.9. The molecule has 0 amide bonds. The summed E-state index contributed by atoms with van der Waals surface area (Å²) in [6.45, 7) is 1.97. The zero-order valence-corrected chi connectivity index (χ0v) is 13.0. The maximum atomic E-state index is 12.1. The molecule has 0 aliphatic heterocycles. The lowest BCUT2D eigenvalue weighted by atomic mass is 10.0. The first kappa shape index (κ1) is 13.4. The highest BCUT2D eigenvalue weighted by Gasteiger charge is 2.09. The molecule has 0 bridgehead atoms. The number of aromatic nitrogens is 1. The second-order valence-corrected chi connectivity index (χ2v) is 5.80. The van der Waals surface area contributed by atoms with E-state index < -0.39 is 0 Å². The number of aryl methyl sites for hydroxylation is 1. The molecule has 18 heavy (non-hydrogen) atoms. The van der Waals surface area contributed by atoms with Crippen LogP contribution in [0.4, 0.5) is 0 Å². The second kappa shape index (κ2) is 5.76. The Labute approximate surface area is 123 Å². The van der Waals surface area contributed by atoms with Crippen molar-refractivity contribution in [3.8, 4) is 0 Å². The lowest BCUT2D eigenvalue weighted by Crippen LogP contribution is -2.05. The molecule has 2 aromatic rings. The van der Waals surface area contributed by atoms with Gasteiger partial charge in [-0.1, -0.05) is 22.0 Å². The molecule has 0 atom stereocenters. The van der Waals surface area contributed by atoms with E-state index in [1.807, 2.05) is 37.3 Å². The molecule has 0 saturated carbocycles. The van der Waals surface area contributed by atoms with Gasteiger partial charge in [0.05, 0.1) is 6.42 Å². The normalized spacial score (nSPS) is 10.4. The van der Waals surface area contributed by atoms with Crippen molar-refractivity contribution in [3.05, 3.63) is 62.3 Å². The number of carbonyl (C=O) groups is 1. The number of hydrogen-bond donors (Lipinski definition) is 0. The second-order valence-electron chi connectivity index (χ2n) is 4.03. The Morgan fingerprint density at radius 3 is 2.61 bits per heavy atom. The molecule has 1 heterocycles. The predicted octanol–water partition coefficient (Wildman–Crippen LogP) is 4.34. The SMILES string of the molecule is Cc1cc(C(=O)Cc2ccc(Br)cn2)ccc1Br. The fourth-order valence-electron chi connectivity index (χ4n) is 1.60. The Balaban J connectivity index is 2.16. The summed E-state index contributed by atoms with van der Waals surface area (Å²) in [7, 11) is 0. The summed E-state index contributed by atoms with van der Waals surface area (Å²) in [6.07, 6.45) is 2.03. The zero-order valence-electron chi connectivity index (χ0n) is 9.78. The van der Waals surface area contributed by atoms with Gasteiger partial charge in [-0.25, -0.2) is 0 Å². The van der Waals surface area contributed by atoms with Gasteiger partial charge in [0.25, 0.3) is 0 Å². The number of nitrogens with zero attached hydrogens (tertiary/aromatic N) is 1. The van der Waals surface area contributed by atoms with Crippen LogP contribution in [0.3, 0.4) is 0 Å². The Bertz CT molecular complexity index is 579. The molecule has 0 saturated heterocycles. The van der Waals surface area contributed by atoms with Crippen LogP contribution in [-0.2, 0) is 6.42 Å². The van der Waals surface area contributed by atoms with E-state index in [4.69, 9.17) is 0 Å². The molecule has 92 valence electrons. The average molecular weight is 369 g/mol. The van der Waals surface area contributed by atoms with E-state index in [0.717, 1.165) is 25.8 Å². The number of hydrogen-bond acceptors (Lipinski definition) is 2. The van der Waals surface area contributed by atoms with Crippen molar-refractivity contribution in [2.24, 2.45) is 0 Å². The first-order chi connectivity index (χ1) is 8.56. The minimum Gasteiger partial charge on any atom is -0.294 e. The van der Waals surface area contributed by atoms with E-state index in [0.29, 0.717) is 6.42 Å². The van der Waals surface area contributed by atoms with E-state index in [2.05, 4.69) is 36.8 Å². The van der Waals surface area contributed by atoms with Gasteiger partial charge >= 0.3 is 0 Å². The van der Waals surface area contributed by atoms with E-state index >= 15 is 0 Å². The molecule has 0 spiro atoms. The number of ketones is 1. The first-order valence-corrected chi connectivity index (χ1v) is 7.04. The van der Waals surface area contributed by atoms with Crippen LogP contribution in [0.1, 0.15) is 21.6 Å². The molecule has 0 unspecified atom stereocenters. The molecule has 0 N–H and O–H groups in total. The molecular weight excluding hydrogens is 358 g/mol. The van der Waals surface area contributed by atoms with Gasteiger partial charge in [0.2, 0.25) is 0 Å². The third-order valence-electron chi connectivity index (χ3n) is 2.61. The quantitative estimate of drug-likeness (QED) is 0.754. The number of Topliss-reactive ketones (excluding diaryl/α,β-unsaturated/α-hetero) is 1. The van der Waals surface area contributed by atoms with Crippen molar-refractivity contribution in [2.45, 2.75) is 13.3 Å². The Morgan fingerprint density at radius 2 is 2.00 bits per heavy atom. The summed E-state index contributed by atoms with van der Waals surface area (Å²) in [5.41, 5.74) is 2.56. The van der Waals surface area contributed by atoms with E-state index in [-0.39, 0.29) is 5.78 Å². The average Bonchev–Trinajstić information content (AvgIpc) is 2.35. The molecule has 0 aliphatic carbocycles. The summed E-state index contributed by atoms with van der Waals surface area (Å²) < 4.78 is 1.93. The third-order valence-corrected chi connectivity index (χ3v) is 3.97. The van der Waals surface area contributed by atoms with Crippen LogP contribution in [0, 0.1) is 6.92 Å². The van der Waals surface area contributed by atoms with Crippen molar-refractivity contribution in [1.29, 1.82) is 0 Å². The summed E-state index contributed by atoms with van der Waals surface area (Å²) >= 11 is 6.75. The van der Waals surface area contributed by atoms with E-state index in [1.165, 1.54) is 0 Å². The van der Waals surface area contributed by atoms with Crippen LogP contribution in [0.25, 0.3) is 0 Å². The first-order valence-electron chi connectivity index (χ1n) is 5.46. The van der Waals surface area contributed by atoms with Gasteiger partial charge < -0.3 is 0 Å². The molecule has 1 aromatic carbocycles. The molecule has 0 radical (unpaired) electrons. The minimum atomic E-state index is 0.0837. The maximum Gasteiger partial charge on any atom is 0.168 e. The molecule has 0 aliphatic rings. The van der Waals surface area contributed by atoms with Crippen molar-refractivity contribution in [3.63, 3.8) is 0 Å². The highest BCUT2D eigenvalue weighted by molar-refractivity contribution is 9.10. The van der Waals surface area contributed by atoms with Gasteiger partial charge in [0.1, 0.15) is 0 Å². The number of halogens is 2. The Kier molecular flexibility index (Phi) is 4.30. The van der Waals surface area contributed by atoms with Crippen LogP contribution < -0.4 is 0 Å².